The lowest BCUT2D eigenvalue weighted by Gasteiger charge is -2.07. The second kappa shape index (κ2) is 3.51. The van der Waals surface area contributed by atoms with Gasteiger partial charge in [-0.25, -0.2) is 0 Å². The molecular weight excluding hydrogens is 198 g/mol. The van der Waals surface area contributed by atoms with Crippen LogP contribution in [0.3, 0.4) is 0 Å². The molecule has 72 valence electrons. The van der Waals surface area contributed by atoms with Gasteiger partial charge >= 0.3 is 0 Å². The van der Waals surface area contributed by atoms with Gasteiger partial charge in [-0.1, -0.05) is 17.7 Å². The van der Waals surface area contributed by atoms with Gasteiger partial charge in [0.2, 0.25) is 0 Å². The Morgan fingerprint density at radius 1 is 1.57 bits per heavy atom. The summed E-state index contributed by atoms with van der Waals surface area (Å²) in [5, 5.41) is 9.43. The lowest BCUT2D eigenvalue weighted by molar-refractivity contribution is 0.357. The number of hydrogen-bond acceptors (Lipinski definition) is 2. The molecule has 0 saturated heterocycles. The van der Waals surface area contributed by atoms with Crippen molar-refractivity contribution in [2.45, 2.75) is 19.3 Å². The molecule has 0 aromatic heterocycles. The highest BCUT2D eigenvalue weighted by molar-refractivity contribution is 6.32. The largest absolute Gasteiger partial charge is 0.491 e. The molecule has 3 heteroatoms. The summed E-state index contributed by atoms with van der Waals surface area (Å²) < 4.78 is 5.38. The first-order chi connectivity index (χ1) is 6.72. The van der Waals surface area contributed by atoms with E-state index >= 15 is 0 Å². The molecule has 0 saturated carbocycles. The van der Waals surface area contributed by atoms with Crippen molar-refractivity contribution < 1.29 is 4.74 Å². The number of benzene rings is 1. The molecule has 0 amide bonds. The van der Waals surface area contributed by atoms with E-state index in [2.05, 4.69) is 6.07 Å². The van der Waals surface area contributed by atoms with Crippen LogP contribution < -0.4 is 4.74 Å². The first-order valence-electron chi connectivity index (χ1n) is 4.57. The quantitative estimate of drug-likeness (QED) is 0.710. The number of hydrogen-bond donors (Lipinski definition) is 0. The molecule has 1 atom stereocenters. The summed E-state index contributed by atoms with van der Waals surface area (Å²) >= 11 is 6.04. The summed E-state index contributed by atoms with van der Waals surface area (Å²) in [7, 11) is 0. The predicted molar refractivity (Wildman–Crippen MR) is 54.7 cm³/mol. The number of nitriles is 1. The fraction of sp³-hybridized carbons (Fsp3) is 0.364. The number of nitrogens with zero attached hydrogens (tertiary/aromatic N) is 1. The molecule has 0 radical (unpaired) electrons. The van der Waals surface area contributed by atoms with Crippen LogP contribution in [0, 0.1) is 11.3 Å². The third-order valence-electron chi connectivity index (χ3n) is 2.45. The Balaban J connectivity index is 2.48. The van der Waals surface area contributed by atoms with Gasteiger partial charge in [-0.05, 0) is 24.1 Å². The van der Waals surface area contributed by atoms with Gasteiger partial charge in [-0.3, -0.25) is 0 Å². The smallest absolute Gasteiger partial charge is 0.141 e. The molecule has 14 heavy (non-hydrogen) atoms. The van der Waals surface area contributed by atoms with Crippen molar-refractivity contribution in [1.82, 2.24) is 0 Å². The molecule has 0 bridgehead atoms. The number of fused-ring (bicyclic) bond motifs is 1. The molecule has 1 aromatic carbocycles. The highest BCUT2D eigenvalue weighted by atomic mass is 35.5. The van der Waals surface area contributed by atoms with Crippen molar-refractivity contribution in [2.24, 2.45) is 0 Å². The van der Waals surface area contributed by atoms with Crippen molar-refractivity contribution in [3.05, 3.63) is 28.3 Å². The molecule has 1 aliphatic heterocycles. The Morgan fingerprint density at radius 3 is 3.07 bits per heavy atom. The van der Waals surface area contributed by atoms with Gasteiger partial charge in [-0.2, -0.15) is 5.26 Å². The van der Waals surface area contributed by atoms with Crippen LogP contribution in [0.4, 0.5) is 0 Å². The standard InChI is InChI=1S/C11H10ClNO/c1-7(6-13)9-4-8-2-3-14-11(8)10(12)5-9/h4-5,7H,2-3H2,1H3. The van der Waals surface area contributed by atoms with Crippen LogP contribution in [0.25, 0.3) is 0 Å². The summed E-state index contributed by atoms with van der Waals surface area (Å²) in [6.07, 6.45) is 0.890. The first-order valence-corrected chi connectivity index (χ1v) is 4.95. The summed E-state index contributed by atoms with van der Waals surface area (Å²) in [4.78, 5) is 0. The van der Waals surface area contributed by atoms with Gasteiger partial charge in [0.05, 0.1) is 23.6 Å². The Morgan fingerprint density at radius 2 is 2.36 bits per heavy atom. The van der Waals surface area contributed by atoms with E-state index in [0.29, 0.717) is 11.6 Å². The lowest BCUT2D eigenvalue weighted by Crippen LogP contribution is -1.91. The average molecular weight is 208 g/mol. The van der Waals surface area contributed by atoms with Crippen molar-refractivity contribution in [2.75, 3.05) is 6.61 Å². The van der Waals surface area contributed by atoms with E-state index in [9.17, 15) is 0 Å². The van der Waals surface area contributed by atoms with Gasteiger partial charge in [0.1, 0.15) is 5.75 Å². The van der Waals surface area contributed by atoms with Gasteiger partial charge < -0.3 is 4.74 Å². The van der Waals surface area contributed by atoms with E-state index in [1.807, 2.05) is 19.1 Å². The van der Waals surface area contributed by atoms with E-state index in [1.54, 1.807) is 0 Å². The fourth-order valence-electron chi connectivity index (χ4n) is 1.61. The lowest BCUT2D eigenvalue weighted by atomic mass is 9.99. The molecule has 0 fully saturated rings. The zero-order valence-electron chi connectivity index (χ0n) is 7.88. The van der Waals surface area contributed by atoms with Crippen LogP contribution in [0.15, 0.2) is 12.1 Å². The zero-order chi connectivity index (χ0) is 10.1. The summed E-state index contributed by atoms with van der Waals surface area (Å²) in [6.45, 7) is 2.56. The Labute approximate surface area is 88.1 Å². The predicted octanol–water partition coefficient (Wildman–Crippen LogP) is 2.90. The maximum Gasteiger partial charge on any atom is 0.141 e. The van der Waals surface area contributed by atoms with E-state index in [4.69, 9.17) is 21.6 Å². The molecule has 1 heterocycles. The minimum Gasteiger partial charge on any atom is -0.491 e. The van der Waals surface area contributed by atoms with Crippen LogP contribution in [-0.4, -0.2) is 6.61 Å². The molecule has 1 aliphatic rings. The fourth-order valence-corrected chi connectivity index (χ4v) is 1.91. The Bertz CT molecular complexity index is 408. The van der Waals surface area contributed by atoms with Gasteiger partial charge in [0, 0.05) is 6.42 Å². The minimum absolute atomic E-state index is 0.113. The summed E-state index contributed by atoms with van der Waals surface area (Å²) in [5.41, 5.74) is 2.09. The minimum atomic E-state index is -0.113. The molecular formula is C11H10ClNO. The molecule has 0 N–H and O–H groups in total. The molecule has 1 aromatic rings. The van der Waals surface area contributed by atoms with Crippen LogP contribution in [-0.2, 0) is 6.42 Å². The maximum atomic E-state index is 8.80. The van der Waals surface area contributed by atoms with Gasteiger partial charge in [-0.15, -0.1) is 0 Å². The monoisotopic (exact) mass is 207 g/mol. The van der Waals surface area contributed by atoms with Crippen molar-refractivity contribution in [1.29, 1.82) is 5.26 Å². The van der Waals surface area contributed by atoms with E-state index in [-0.39, 0.29) is 5.92 Å². The zero-order valence-corrected chi connectivity index (χ0v) is 8.64. The molecule has 0 aliphatic carbocycles. The van der Waals surface area contributed by atoms with Gasteiger partial charge in [0.15, 0.2) is 0 Å². The topological polar surface area (TPSA) is 33.0 Å². The van der Waals surface area contributed by atoms with Gasteiger partial charge in [0.25, 0.3) is 0 Å². The van der Waals surface area contributed by atoms with E-state index < -0.39 is 0 Å². The second-order valence-corrected chi connectivity index (χ2v) is 3.85. The third kappa shape index (κ3) is 1.44. The van der Waals surface area contributed by atoms with Crippen LogP contribution in [0.1, 0.15) is 24.0 Å². The Kier molecular flexibility index (Phi) is 2.35. The summed E-state index contributed by atoms with van der Waals surface area (Å²) in [5.74, 6) is 0.680. The maximum absolute atomic E-state index is 8.80. The number of rotatable bonds is 1. The molecule has 0 spiro atoms. The molecule has 1 unspecified atom stereocenters. The Hall–Kier alpha value is -1.20. The molecule has 2 rings (SSSR count). The van der Waals surface area contributed by atoms with Crippen molar-refractivity contribution in [3.63, 3.8) is 0 Å². The molecule has 2 nitrogen and oxygen atoms in total. The van der Waals surface area contributed by atoms with Crippen molar-refractivity contribution in [3.8, 4) is 11.8 Å². The number of halogens is 1. The van der Waals surface area contributed by atoms with Crippen LogP contribution >= 0.6 is 11.6 Å². The van der Waals surface area contributed by atoms with Crippen LogP contribution in [0.5, 0.6) is 5.75 Å². The van der Waals surface area contributed by atoms with Crippen molar-refractivity contribution >= 4 is 11.6 Å². The van der Waals surface area contributed by atoms with Crippen LogP contribution in [0.2, 0.25) is 5.02 Å². The van der Waals surface area contributed by atoms with E-state index in [1.165, 1.54) is 0 Å². The first kappa shape index (κ1) is 9.36. The normalized spacial score (nSPS) is 15.5. The van der Waals surface area contributed by atoms with E-state index in [0.717, 1.165) is 23.3 Å². The SMILES string of the molecule is CC(C#N)c1cc(Cl)c2c(c1)CCO2. The number of ether oxygens (including phenoxy) is 1. The summed E-state index contributed by atoms with van der Waals surface area (Å²) in [6, 6.07) is 6.04. The second-order valence-electron chi connectivity index (χ2n) is 3.44. The highest BCUT2D eigenvalue weighted by Gasteiger charge is 2.18. The highest BCUT2D eigenvalue weighted by Crippen LogP contribution is 2.36. The average Bonchev–Trinajstić information content (AvgIpc) is 2.64. The third-order valence-corrected chi connectivity index (χ3v) is 2.74.